The van der Waals surface area contributed by atoms with Crippen LogP contribution in [0.5, 0.6) is 11.5 Å². The number of carbonyl (C=O) groups is 1. The molecule has 0 saturated carbocycles. The van der Waals surface area contributed by atoms with Gasteiger partial charge in [-0.15, -0.1) is 11.3 Å². The number of benzene rings is 3. The summed E-state index contributed by atoms with van der Waals surface area (Å²) in [6.45, 7) is 2.48. The van der Waals surface area contributed by atoms with Gasteiger partial charge in [0.2, 0.25) is 0 Å². The van der Waals surface area contributed by atoms with Gasteiger partial charge in [-0.3, -0.25) is 4.79 Å². The number of methoxy groups -OCH3 is 1. The molecule has 1 N–H and O–H groups in total. The summed E-state index contributed by atoms with van der Waals surface area (Å²) >= 11 is 6.52. The molecule has 3 aromatic carbocycles. The Bertz CT molecular complexity index is 1310. The second-order valence-electron chi connectivity index (χ2n) is 7.28. The van der Waals surface area contributed by atoms with Gasteiger partial charge in [-0.2, -0.15) is 5.10 Å². The molecular weight excluding hydrogens is 534 g/mol. The maximum Gasteiger partial charge on any atom is 0.250 e. The van der Waals surface area contributed by atoms with E-state index in [2.05, 4.69) is 44.4 Å². The summed E-state index contributed by atoms with van der Waals surface area (Å²) in [5.41, 5.74) is 6.53. The van der Waals surface area contributed by atoms with Crippen LogP contribution in [0, 0.1) is 6.92 Å². The zero-order chi connectivity index (χ0) is 23.9. The highest BCUT2D eigenvalue weighted by atomic mass is 79.9. The molecule has 1 heterocycles. The van der Waals surface area contributed by atoms with Crippen molar-refractivity contribution in [2.45, 2.75) is 17.9 Å². The fraction of sp³-hybridized carbons (Fsp3) is 0.160. The molecule has 4 aromatic rings. The summed E-state index contributed by atoms with van der Waals surface area (Å²) in [5, 5.41) is 4.08. The molecule has 0 spiro atoms. The Morgan fingerprint density at radius 3 is 2.79 bits per heavy atom. The van der Waals surface area contributed by atoms with E-state index in [0.29, 0.717) is 18.1 Å². The van der Waals surface area contributed by atoms with Crippen molar-refractivity contribution >= 4 is 61.4 Å². The Morgan fingerprint density at radius 1 is 1.21 bits per heavy atom. The molecule has 0 atom stereocenters. The molecule has 9 heteroatoms. The highest BCUT2D eigenvalue weighted by molar-refractivity contribution is 9.10. The third-order valence-electron chi connectivity index (χ3n) is 4.89. The van der Waals surface area contributed by atoms with Crippen molar-refractivity contribution in [1.29, 1.82) is 0 Å². The lowest BCUT2D eigenvalue weighted by Gasteiger charge is -2.14. The van der Waals surface area contributed by atoms with Gasteiger partial charge in [0.25, 0.3) is 5.91 Å². The average molecular weight is 557 g/mol. The minimum atomic E-state index is -0.204. The van der Waals surface area contributed by atoms with E-state index in [0.717, 1.165) is 30.2 Å². The predicted octanol–water partition coefficient (Wildman–Crippen LogP) is 6.20. The Morgan fingerprint density at radius 2 is 2.00 bits per heavy atom. The average Bonchev–Trinajstić information content (AvgIpc) is 3.26. The number of carbonyl (C=O) groups excluding carboxylic acids is 1. The van der Waals surface area contributed by atoms with Gasteiger partial charge in [0.1, 0.15) is 6.61 Å². The first kappa shape index (κ1) is 24.3. The molecule has 6 nitrogen and oxygen atoms in total. The van der Waals surface area contributed by atoms with Gasteiger partial charge < -0.3 is 9.47 Å². The first-order valence-electron chi connectivity index (χ1n) is 10.4. The van der Waals surface area contributed by atoms with Crippen molar-refractivity contribution in [3.8, 4) is 11.5 Å². The van der Waals surface area contributed by atoms with Crippen LogP contribution in [0.25, 0.3) is 10.2 Å². The van der Waals surface area contributed by atoms with E-state index in [1.165, 1.54) is 17.3 Å². The number of rotatable bonds is 9. The molecule has 174 valence electrons. The highest BCUT2D eigenvalue weighted by Gasteiger charge is 2.12. The van der Waals surface area contributed by atoms with Crippen molar-refractivity contribution in [2.75, 3.05) is 12.9 Å². The molecule has 0 aliphatic rings. The maximum absolute atomic E-state index is 12.2. The molecule has 1 amide bonds. The number of hydrogen-bond acceptors (Lipinski definition) is 7. The molecule has 0 fully saturated rings. The number of para-hydroxylation sites is 1. The molecule has 1 aromatic heterocycles. The van der Waals surface area contributed by atoms with E-state index in [4.69, 9.17) is 9.47 Å². The summed E-state index contributed by atoms with van der Waals surface area (Å²) in [4.78, 5) is 16.7. The highest BCUT2D eigenvalue weighted by Crippen LogP contribution is 2.37. The Balaban J connectivity index is 1.34. The molecule has 0 unspecified atom stereocenters. The van der Waals surface area contributed by atoms with Crippen molar-refractivity contribution in [3.05, 3.63) is 81.8 Å². The van der Waals surface area contributed by atoms with Crippen LogP contribution >= 0.6 is 39.0 Å². The third-order valence-corrected chi connectivity index (χ3v) is 7.66. The first-order chi connectivity index (χ1) is 16.5. The fourth-order valence-corrected chi connectivity index (χ4v) is 5.56. The second-order valence-corrected chi connectivity index (χ2v) is 10.4. The van der Waals surface area contributed by atoms with Crippen LogP contribution in [0.3, 0.4) is 0 Å². The number of aromatic nitrogens is 1. The minimum Gasteiger partial charge on any atom is -0.493 e. The number of amides is 1. The van der Waals surface area contributed by atoms with Crippen LogP contribution in [-0.2, 0) is 11.4 Å². The summed E-state index contributed by atoms with van der Waals surface area (Å²) in [5.74, 6) is 1.21. The summed E-state index contributed by atoms with van der Waals surface area (Å²) in [7, 11) is 1.59. The lowest BCUT2D eigenvalue weighted by molar-refractivity contribution is -0.118. The number of fused-ring (bicyclic) bond motifs is 1. The zero-order valence-electron chi connectivity index (χ0n) is 18.6. The monoisotopic (exact) mass is 555 g/mol. The van der Waals surface area contributed by atoms with Crippen LogP contribution in [0.15, 0.2) is 74.6 Å². The van der Waals surface area contributed by atoms with E-state index in [-0.39, 0.29) is 11.7 Å². The Labute approximate surface area is 214 Å². The minimum absolute atomic E-state index is 0.204. The van der Waals surface area contributed by atoms with Crippen molar-refractivity contribution in [2.24, 2.45) is 5.10 Å². The maximum atomic E-state index is 12.2. The van der Waals surface area contributed by atoms with E-state index < -0.39 is 0 Å². The number of nitrogens with one attached hydrogen (secondary N) is 1. The van der Waals surface area contributed by atoms with Gasteiger partial charge >= 0.3 is 0 Å². The summed E-state index contributed by atoms with van der Waals surface area (Å²) in [6, 6.07) is 19.7. The van der Waals surface area contributed by atoms with Gasteiger partial charge in [0, 0.05) is 0 Å². The van der Waals surface area contributed by atoms with E-state index in [1.807, 2.05) is 54.6 Å². The molecule has 0 bridgehead atoms. The SMILES string of the molecule is COc1cc(/C=N\NC(=O)CSc2nc3ccccc3s2)cc(Br)c1OCc1ccccc1C. The van der Waals surface area contributed by atoms with Gasteiger partial charge in [-0.25, -0.2) is 10.4 Å². The van der Waals surface area contributed by atoms with Crippen LogP contribution in [0.2, 0.25) is 0 Å². The smallest absolute Gasteiger partial charge is 0.250 e. The van der Waals surface area contributed by atoms with Crippen molar-refractivity contribution in [3.63, 3.8) is 0 Å². The second kappa shape index (κ2) is 11.5. The number of hydrogen-bond donors (Lipinski definition) is 1. The Hall–Kier alpha value is -2.88. The number of hydrazone groups is 1. The molecule has 0 aliphatic carbocycles. The molecule has 0 saturated heterocycles. The molecule has 0 aliphatic heterocycles. The number of thioether (sulfide) groups is 1. The topological polar surface area (TPSA) is 72.8 Å². The van der Waals surface area contributed by atoms with Gasteiger partial charge in [-0.1, -0.05) is 48.2 Å². The van der Waals surface area contributed by atoms with Crippen LogP contribution < -0.4 is 14.9 Å². The fourth-order valence-electron chi connectivity index (χ4n) is 3.13. The molecule has 34 heavy (non-hydrogen) atoms. The van der Waals surface area contributed by atoms with Gasteiger partial charge in [0.15, 0.2) is 15.8 Å². The van der Waals surface area contributed by atoms with E-state index >= 15 is 0 Å². The van der Waals surface area contributed by atoms with Gasteiger partial charge in [-0.05, 0) is 63.8 Å². The lowest BCUT2D eigenvalue weighted by atomic mass is 10.1. The van der Waals surface area contributed by atoms with Crippen LogP contribution in [-0.4, -0.2) is 30.0 Å². The van der Waals surface area contributed by atoms with E-state index in [1.54, 1.807) is 24.7 Å². The number of halogens is 1. The quantitative estimate of drug-likeness (QED) is 0.151. The largest absolute Gasteiger partial charge is 0.493 e. The zero-order valence-corrected chi connectivity index (χ0v) is 21.8. The Kier molecular flexibility index (Phi) is 8.21. The van der Waals surface area contributed by atoms with Crippen LogP contribution in [0.1, 0.15) is 16.7 Å². The van der Waals surface area contributed by atoms with Crippen molar-refractivity contribution < 1.29 is 14.3 Å². The van der Waals surface area contributed by atoms with Gasteiger partial charge in [0.05, 0.1) is 33.8 Å². The molecule has 4 rings (SSSR count). The standard InChI is InChI=1S/C25H22BrN3O3S2/c1-16-7-3-4-8-18(16)14-32-24-19(26)11-17(12-21(24)31-2)13-27-29-23(30)15-33-25-28-20-9-5-6-10-22(20)34-25/h3-13H,14-15H2,1-2H3,(H,29,30)/b27-13-. The molecule has 0 radical (unpaired) electrons. The third kappa shape index (κ3) is 6.16. The van der Waals surface area contributed by atoms with Crippen molar-refractivity contribution in [1.82, 2.24) is 10.4 Å². The predicted molar refractivity (Wildman–Crippen MR) is 142 cm³/mol. The van der Waals surface area contributed by atoms with Crippen LogP contribution in [0.4, 0.5) is 0 Å². The first-order valence-corrected chi connectivity index (χ1v) is 13.0. The van der Waals surface area contributed by atoms with E-state index in [9.17, 15) is 4.79 Å². The summed E-state index contributed by atoms with van der Waals surface area (Å²) < 4.78 is 14.2. The number of thiazole rings is 1. The lowest BCUT2D eigenvalue weighted by Crippen LogP contribution is -2.19. The molecular formula is C25H22BrN3O3S2. The summed E-state index contributed by atoms with van der Waals surface area (Å²) in [6.07, 6.45) is 1.57. The normalized spacial score (nSPS) is 11.1. The number of nitrogens with zero attached hydrogens (tertiary/aromatic N) is 2. The number of ether oxygens (including phenoxy) is 2. The number of aryl methyl sites for hydroxylation is 1.